The van der Waals surface area contributed by atoms with Crippen LogP contribution in [0.5, 0.6) is 5.75 Å². The minimum absolute atomic E-state index is 0.0678. The Kier molecular flexibility index (Phi) is 5.49. The topological polar surface area (TPSA) is 32.8 Å². The molecule has 126 valence electrons. The van der Waals surface area contributed by atoms with Crippen molar-refractivity contribution in [3.8, 4) is 5.75 Å². The summed E-state index contributed by atoms with van der Waals surface area (Å²) in [7, 11) is 0. The van der Waals surface area contributed by atoms with Gasteiger partial charge in [-0.1, -0.05) is 48.5 Å². The van der Waals surface area contributed by atoms with Gasteiger partial charge in [-0.2, -0.15) is 0 Å². The highest BCUT2D eigenvalue weighted by molar-refractivity contribution is 5.81. The second-order valence-corrected chi connectivity index (χ2v) is 6.16. The fourth-order valence-electron chi connectivity index (χ4n) is 2.98. The first-order valence-electron chi connectivity index (χ1n) is 8.49. The van der Waals surface area contributed by atoms with Crippen molar-refractivity contribution in [3.63, 3.8) is 0 Å². The summed E-state index contributed by atoms with van der Waals surface area (Å²) >= 11 is 0. The van der Waals surface area contributed by atoms with Crippen molar-refractivity contribution in [2.24, 2.45) is 0 Å². The number of para-hydroxylation sites is 1. The maximum absolute atomic E-state index is 12.5. The first kappa shape index (κ1) is 16.5. The first-order chi connectivity index (χ1) is 11.7. The molecule has 1 atom stereocenters. The van der Waals surface area contributed by atoms with Crippen LogP contribution in [0.4, 0.5) is 0 Å². The van der Waals surface area contributed by atoms with Gasteiger partial charge in [-0.05, 0) is 24.6 Å². The van der Waals surface area contributed by atoms with E-state index in [4.69, 9.17) is 4.74 Å². The molecule has 1 aliphatic rings. The number of piperazine rings is 1. The number of carbonyl (C=O) groups is 1. The average molecular weight is 324 g/mol. The van der Waals surface area contributed by atoms with E-state index in [-0.39, 0.29) is 5.91 Å². The molecule has 1 aliphatic heterocycles. The third-order valence-corrected chi connectivity index (χ3v) is 4.34. The number of ether oxygens (including phenoxy) is 1. The zero-order valence-electron chi connectivity index (χ0n) is 14.1. The number of hydrogen-bond acceptors (Lipinski definition) is 3. The second kappa shape index (κ2) is 7.97. The van der Waals surface area contributed by atoms with E-state index in [1.54, 1.807) is 0 Å². The zero-order valence-corrected chi connectivity index (χ0v) is 14.1. The molecule has 4 heteroatoms. The summed E-state index contributed by atoms with van der Waals surface area (Å²) in [5, 5.41) is 0. The lowest BCUT2D eigenvalue weighted by Gasteiger charge is -2.35. The van der Waals surface area contributed by atoms with Gasteiger partial charge in [-0.15, -0.1) is 0 Å². The molecule has 0 unspecified atom stereocenters. The van der Waals surface area contributed by atoms with Gasteiger partial charge in [0.1, 0.15) is 5.75 Å². The molecule has 0 N–H and O–H groups in total. The summed E-state index contributed by atoms with van der Waals surface area (Å²) in [4.78, 5) is 16.9. The van der Waals surface area contributed by atoms with Gasteiger partial charge in [0, 0.05) is 32.7 Å². The molecule has 3 rings (SSSR count). The van der Waals surface area contributed by atoms with Gasteiger partial charge in [0.2, 0.25) is 0 Å². The van der Waals surface area contributed by atoms with Crippen LogP contribution in [0.25, 0.3) is 0 Å². The van der Waals surface area contributed by atoms with Crippen molar-refractivity contribution >= 4 is 5.91 Å². The van der Waals surface area contributed by atoms with Gasteiger partial charge in [0.05, 0.1) is 0 Å². The van der Waals surface area contributed by atoms with E-state index < -0.39 is 6.10 Å². The lowest BCUT2D eigenvalue weighted by atomic mass is 10.2. The Morgan fingerprint density at radius 1 is 0.958 bits per heavy atom. The van der Waals surface area contributed by atoms with E-state index in [0.717, 1.165) is 38.5 Å². The van der Waals surface area contributed by atoms with Crippen molar-refractivity contribution in [1.82, 2.24) is 9.80 Å². The summed E-state index contributed by atoms with van der Waals surface area (Å²) in [6, 6.07) is 20.0. The highest BCUT2D eigenvalue weighted by Crippen LogP contribution is 2.14. The third-order valence-electron chi connectivity index (χ3n) is 4.34. The Hall–Kier alpha value is -2.33. The van der Waals surface area contributed by atoms with Crippen LogP contribution in [-0.4, -0.2) is 48.0 Å². The standard InChI is InChI=1S/C20H24N2O2/c1-17(24-19-10-6-3-7-11-19)20(23)22-14-12-21(13-15-22)16-18-8-4-2-5-9-18/h2-11,17H,12-16H2,1H3/t17-/m0/s1. The van der Waals surface area contributed by atoms with Crippen molar-refractivity contribution < 1.29 is 9.53 Å². The molecule has 0 bridgehead atoms. The highest BCUT2D eigenvalue weighted by Gasteiger charge is 2.25. The largest absolute Gasteiger partial charge is 0.481 e. The molecule has 0 aliphatic carbocycles. The predicted octanol–water partition coefficient (Wildman–Crippen LogP) is 2.80. The van der Waals surface area contributed by atoms with E-state index in [2.05, 4.69) is 29.2 Å². The minimum atomic E-state index is -0.451. The van der Waals surface area contributed by atoms with Crippen LogP contribution < -0.4 is 4.74 Å². The Morgan fingerprint density at radius 3 is 2.17 bits per heavy atom. The number of carbonyl (C=O) groups excluding carboxylic acids is 1. The summed E-state index contributed by atoms with van der Waals surface area (Å²) in [6.07, 6.45) is -0.451. The summed E-state index contributed by atoms with van der Waals surface area (Å²) in [6.45, 7) is 6.09. The molecule has 24 heavy (non-hydrogen) atoms. The van der Waals surface area contributed by atoms with E-state index >= 15 is 0 Å². The monoisotopic (exact) mass is 324 g/mol. The summed E-state index contributed by atoms with van der Waals surface area (Å²) in [5.74, 6) is 0.805. The van der Waals surface area contributed by atoms with E-state index in [1.807, 2.05) is 48.2 Å². The smallest absolute Gasteiger partial charge is 0.263 e. The summed E-state index contributed by atoms with van der Waals surface area (Å²) < 4.78 is 5.75. The third kappa shape index (κ3) is 4.36. The number of benzene rings is 2. The van der Waals surface area contributed by atoms with Crippen molar-refractivity contribution in [2.75, 3.05) is 26.2 Å². The predicted molar refractivity (Wildman–Crippen MR) is 94.8 cm³/mol. The molecular weight excluding hydrogens is 300 g/mol. The Morgan fingerprint density at radius 2 is 1.54 bits per heavy atom. The minimum Gasteiger partial charge on any atom is -0.481 e. The second-order valence-electron chi connectivity index (χ2n) is 6.16. The van der Waals surface area contributed by atoms with Gasteiger partial charge in [0.15, 0.2) is 6.10 Å². The molecule has 0 saturated carbocycles. The SMILES string of the molecule is C[C@H](Oc1ccccc1)C(=O)N1CCN(Cc2ccccc2)CC1. The van der Waals surface area contributed by atoms with Gasteiger partial charge in [-0.3, -0.25) is 9.69 Å². The van der Waals surface area contributed by atoms with E-state index in [0.29, 0.717) is 0 Å². The lowest BCUT2D eigenvalue weighted by Crippen LogP contribution is -2.51. The molecule has 1 fully saturated rings. The van der Waals surface area contributed by atoms with Crippen molar-refractivity contribution in [1.29, 1.82) is 0 Å². The molecule has 0 radical (unpaired) electrons. The molecular formula is C20H24N2O2. The number of nitrogens with zero attached hydrogens (tertiary/aromatic N) is 2. The Balaban J connectivity index is 1.48. The molecule has 0 spiro atoms. The fourth-order valence-corrected chi connectivity index (χ4v) is 2.98. The number of rotatable bonds is 5. The van der Waals surface area contributed by atoms with Gasteiger partial charge < -0.3 is 9.64 Å². The number of hydrogen-bond donors (Lipinski definition) is 0. The van der Waals surface area contributed by atoms with Crippen molar-refractivity contribution in [2.45, 2.75) is 19.6 Å². The lowest BCUT2D eigenvalue weighted by molar-refractivity contribution is -0.139. The van der Waals surface area contributed by atoms with Gasteiger partial charge in [0.25, 0.3) is 5.91 Å². The summed E-state index contributed by atoms with van der Waals surface area (Å²) in [5.41, 5.74) is 1.32. The molecule has 2 aromatic rings. The van der Waals surface area contributed by atoms with Crippen LogP contribution in [0, 0.1) is 0 Å². The molecule has 1 heterocycles. The molecule has 1 amide bonds. The van der Waals surface area contributed by atoms with E-state index in [1.165, 1.54) is 5.56 Å². The number of amides is 1. The molecule has 2 aromatic carbocycles. The Labute approximate surface area is 143 Å². The van der Waals surface area contributed by atoms with Crippen LogP contribution in [0.2, 0.25) is 0 Å². The maximum Gasteiger partial charge on any atom is 0.263 e. The first-order valence-corrected chi connectivity index (χ1v) is 8.49. The van der Waals surface area contributed by atoms with Gasteiger partial charge >= 0.3 is 0 Å². The van der Waals surface area contributed by atoms with Crippen LogP contribution in [0.15, 0.2) is 60.7 Å². The normalized spacial score (nSPS) is 16.6. The molecule has 4 nitrogen and oxygen atoms in total. The molecule has 0 aromatic heterocycles. The van der Waals surface area contributed by atoms with Crippen molar-refractivity contribution in [3.05, 3.63) is 66.2 Å². The maximum atomic E-state index is 12.5. The fraction of sp³-hybridized carbons (Fsp3) is 0.350. The van der Waals surface area contributed by atoms with Crippen LogP contribution in [0.3, 0.4) is 0 Å². The highest BCUT2D eigenvalue weighted by atomic mass is 16.5. The van der Waals surface area contributed by atoms with E-state index in [9.17, 15) is 4.79 Å². The van der Waals surface area contributed by atoms with Gasteiger partial charge in [-0.25, -0.2) is 0 Å². The zero-order chi connectivity index (χ0) is 16.8. The van der Waals surface area contributed by atoms with Crippen LogP contribution in [0.1, 0.15) is 12.5 Å². The molecule has 1 saturated heterocycles. The Bertz CT molecular complexity index is 637. The van der Waals surface area contributed by atoms with Crippen LogP contribution >= 0.6 is 0 Å². The quantitative estimate of drug-likeness (QED) is 0.848. The van der Waals surface area contributed by atoms with Crippen LogP contribution in [-0.2, 0) is 11.3 Å². The average Bonchev–Trinajstić information content (AvgIpc) is 2.63.